The fourth-order valence-electron chi connectivity index (χ4n) is 2.26. The largest absolute Gasteiger partial charge is 0.416 e. The van der Waals surface area contributed by atoms with Gasteiger partial charge in [-0.15, -0.1) is 0 Å². The van der Waals surface area contributed by atoms with Gasteiger partial charge < -0.3 is 11.5 Å². The number of alkyl halides is 6. The maximum atomic E-state index is 12.7. The summed E-state index contributed by atoms with van der Waals surface area (Å²) in [7, 11) is 0. The molecule has 0 saturated carbocycles. The summed E-state index contributed by atoms with van der Waals surface area (Å²) in [5.41, 5.74) is 10.1. The van der Waals surface area contributed by atoms with Crippen LogP contribution in [0.3, 0.4) is 0 Å². The first kappa shape index (κ1) is 18.3. The molecule has 2 rings (SSSR count). The second-order valence-electron chi connectivity index (χ2n) is 5.30. The highest BCUT2D eigenvalue weighted by Gasteiger charge is 2.33. The van der Waals surface area contributed by atoms with Crippen molar-refractivity contribution < 1.29 is 26.3 Å². The van der Waals surface area contributed by atoms with Crippen LogP contribution in [0.15, 0.2) is 48.5 Å². The van der Waals surface area contributed by atoms with Crippen LogP contribution in [0.5, 0.6) is 0 Å². The van der Waals surface area contributed by atoms with Crippen molar-refractivity contribution in [1.29, 1.82) is 0 Å². The van der Waals surface area contributed by atoms with Crippen LogP contribution >= 0.6 is 0 Å². The second kappa shape index (κ2) is 6.45. The molecule has 24 heavy (non-hydrogen) atoms. The maximum Gasteiger partial charge on any atom is 0.416 e. The molecule has 2 atom stereocenters. The molecule has 0 bridgehead atoms. The van der Waals surface area contributed by atoms with E-state index in [1.165, 1.54) is 24.3 Å². The summed E-state index contributed by atoms with van der Waals surface area (Å²) in [4.78, 5) is 0. The molecule has 4 N–H and O–H groups in total. The van der Waals surface area contributed by atoms with Gasteiger partial charge in [-0.3, -0.25) is 0 Å². The van der Waals surface area contributed by atoms with E-state index in [2.05, 4.69) is 0 Å². The number of rotatable bonds is 3. The SMILES string of the molecule is N[C@H](c1cccc(C(F)(F)F)c1)[C@H](N)c1cccc(C(F)(F)F)c1. The molecule has 0 fully saturated rings. The first-order chi connectivity index (χ1) is 11.0. The summed E-state index contributed by atoms with van der Waals surface area (Å²) < 4.78 is 76.5. The lowest BCUT2D eigenvalue weighted by molar-refractivity contribution is -0.138. The Labute approximate surface area is 134 Å². The first-order valence-corrected chi connectivity index (χ1v) is 6.85. The Morgan fingerprint density at radius 1 is 0.625 bits per heavy atom. The molecule has 0 unspecified atom stereocenters. The van der Waals surface area contributed by atoms with E-state index in [0.29, 0.717) is 0 Å². The summed E-state index contributed by atoms with van der Waals surface area (Å²) >= 11 is 0. The van der Waals surface area contributed by atoms with Crippen LogP contribution in [0.1, 0.15) is 34.3 Å². The van der Waals surface area contributed by atoms with Gasteiger partial charge in [0.25, 0.3) is 0 Å². The van der Waals surface area contributed by atoms with Gasteiger partial charge in [-0.05, 0) is 35.4 Å². The van der Waals surface area contributed by atoms with Gasteiger partial charge in [0, 0.05) is 12.1 Å². The minimum atomic E-state index is -4.55. The van der Waals surface area contributed by atoms with E-state index in [9.17, 15) is 26.3 Å². The number of hydrogen-bond donors (Lipinski definition) is 2. The van der Waals surface area contributed by atoms with Crippen LogP contribution in [-0.4, -0.2) is 0 Å². The molecule has 0 heterocycles. The number of halogens is 6. The van der Waals surface area contributed by atoms with Gasteiger partial charge in [0.05, 0.1) is 11.1 Å². The van der Waals surface area contributed by atoms with E-state index in [4.69, 9.17) is 11.5 Å². The molecule has 2 aromatic rings. The van der Waals surface area contributed by atoms with Crippen LogP contribution < -0.4 is 11.5 Å². The summed E-state index contributed by atoms with van der Waals surface area (Å²) in [5.74, 6) is 0. The standard InChI is InChI=1S/C16H14F6N2/c17-15(18,19)11-5-1-3-9(7-11)13(23)14(24)10-4-2-6-12(8-10)16(20,21)22/h1-8,13-14H,23-24H2/t13-,14-/m1/s1. The van der Waals surface area contributed by atoms with E-state index in [1.54, 1.807) is 0 Å². The summed E-state index contributed by atoms with van der Waals surface area (Å²) in [5, 5.41) is 0. The normalized spacial score (nSPS) is 15.2. The third kappa shape index (κ3) is 4.07. The van der Waals surface area contributed by atoms with Crippen LogP contribution in [-0.2, 0) is 12.4 Å². The molecule has 0 aliphatic rings. The summed E-state index contributed by atoms with van der Waals surface area (Å²) in [6.45, 7) is 0. The second-order valence-corrected chi connectivity index (χ2v) is 5.30. The highest BCUT2D eigenvalue weighted by Crippen LogP contribution is 2.34. The molecule has 130 valence electrons. The summed E-state index contributed by atoms with van der Waals surface area (Å²) in [6.07, 6.45) is -9.09. The van der Waals surface area contributed by atoms with E-state index in [1.807, 2.05) is 0 Å². The zero-order valence-electron chi connectivity index (χ0n) is 12.2. The Morgan fingerprint density at radius 3 is 1.25 bits per heavy atom. The molecule has 2 nitrogen and oxygen atoms in total. The Balaban J connectivity index is 2.32. The van der Waals surface area contributed by atoms with Crippen molar-refractivity contribution in [2.75, 3.05) is 0 Å². The molecule has 0 amide bonds. The minimum Gasteiger partial charge on any atom is -0.322 e. The maximum absolute atomic E-state index is 12.7. The molecule has 2 aromatic carbocycles. The fourth-order valence-corrected chi connectivity index (χ4v) is 2.26. The Hall–Kier alpha value is -2.06. The monoisotopic (exact) mass is 348 g/mol. The van der Waals surface area contributed by atoms with Gasteiger partial charge in [-0.1, -0.05) is 24.3 Å². The van der Waals surface area contributed by atoms with Gasteiger partial charge >= 0.3 is 12.4 Å². The molecule has 0 aliphatic carbocycles. The van der Waals surface area contributed by atoms with E-state index in [-0.39, 0.29) is 11.1 Å². The molecule has 0 radical (unpaired) electrons. The van der Waals surface area contributed by atoms with Gasteiger partial charge in [-0.2, -0.15) is 26.3 Å². The van der Waals surface area contributed by atoms with Crippen molar-refractivity contribution in [3.8, 4) is 0 Å². The Morgan fingerprint density at radius 2 is 0.958 bits per heavy atom. The third-order valence-electron chi connectivity index (χ3n) is 3.58. The molecule has 0 aliphatic heterocycles. The van der Waals surface area contributed by atoms with E-state index >= 15 is 0 Å². The predicted molar refractivity (Wildman–Crippen MR) is 76.7 cm³/mol. The average Bonchev–Trinajstić information content (AvgIpc) is 2.52. The fraction of sp³-hybridized carbons (Fsp3) is 0.250. The quantitative estimate of drug-likeness (QED) is 0.807. The topological polar surface area (TPSA) is 52.0 Å². The lowest BCUT2D eigenvalue weighted by atomic mass is 9.93. The number of nitrogens with two attached hydrogens (primary N) is 2. The van der Waals surface area contributed by atoms with E-state index in [0.717, 1.165) is 24.3 Å². The average molecular weight is 348 g/mol. The Kier molecular flexibility index (Phi) is 4.91. The van der Waals surface area contributed by atoms with Gasteiger partial charge in [-0.25, -0.2) is 0 Å². The minimum absolute atomic E-state index is 0.0923. The van der Waals surface area contributed by atoms with Crippen molar-refractivity contribution >= 4 is 0 Å². The van der Waals surface area contributed by atoms with Gasteiger partial charge in [0.1, 0.15) is 0 Å². The molecule has 0 spiro atoms. The van der Waals surface area contributed by atoms with Crippen molar-refractivity contribution in [2.24, 2.45) is 11.5 Å². The molecular weight excluding hydrogens is 334 g/mol. The van der Waals surface area contributed by atoms with Crippen molar-refractivity contribution in [3.05, 3.63) is 70.8 Å². The van der Waals surface area contributed by atoms with Crippen molar-refractivity contribution in [1.82, 2.24) is 0 Å². The zero-order valence-corrected chi connectivity index (χ0v) is 12.2. The summed E-state index contributed by atoms with van der Waals surface area (Å²) in [6, 6.07) is 6.34. The smallest absolute Gasteiger partial charge is 0.322 e. The van der Waals surface area contributed by atoms with E-state index < -0.39 is 35.6 Å². The van der Waals surface area contributed by atoms with Crippen LogP contribution in [0, 0.1) is 0 Å². The molecule has 0 saturated heterocycles. The number of hydrogen-bond acceptors (Lipinski definition) is 2. The third-order valence-corrected chi connectivity index (χ3v) is 3.58. The predicted octanol–water partition coefficient (Wildman–Crippen LogP) is 4.42. The molecule has 0 aromatic heterocycles. The van der Waals surface area contributed by atoms with Crippen molar-refractivity contribution in [3.63, 3.8) is 0 Å². The Bertz CT molecular complexity index is 647. The highest BCUT2D eigenvalue weighted by molar-refractivity contribution is 5.33. The highest BCUT2D eigenvalue weighted by atomic mass is 19.4. The first-order valence-electron chi connectivity index (χ1n) is 6.85. The molecular formula is C16H14F6N2. The lowest BCUT2D eigenvalue weighted by Crippen LogP contribution is -2.27. The lowest BCUT2D eigenvalue weighted by Gasteiger charge is -2.22. The zero-order chi connectivity index (χ0) is 18.1. The van der Waals surface area contributed by atoms with Crippen LogP contribution in [0.4, 0.5) is 26.3 Å². The van der Waals surface area contributed by atoms with Crippen LogP contribution in [0.25, 0.3) is 0 Å². The van der Waals surface area contributed by atoms with Crippen molar-refractivity contribution in [2.45, 2.75) is 24.4 Å². The number of benzene rings is 2. The molecule has 8 heteroatoms. The van der Waals surface area contributed by atoms with Gasteiger partial charge in [0.15, 0.2) is 0 Å². The van der Waals surface area contributed by atoms with Gasteiger partial charge in [0.2, 0.25) is 0 Å². The van der Waals surface area contributed by atoms with Crippen LogP contribution in [0.2, 0.25) is 0 Å².